The Bertz CT molecular complexity index is 1100. The lowest BCUT2D eigenvalue weighted by atomic mass is 10.00. The van der Waals surface area contributed by atoms with Crippen molar-refractivity contribution in [1.82, 2.24) is 15.0 Å². The number of aromatic nitrogens is 2. The second kappa shape index (κ2) is 8.91. The molecule has 8 nitrogen and oxygen atoms in total. The fourth-order valence-corrected chi connectivity index (χ4v) is 3.38. The van der Waals surface area contributed by atoms with Gasteiger partial charge in [0.15, 0.2) is 11.5 Å². The minimum atomic E-state index is -0.0736. The predicted molar refractivity (Wildman–Crippen MR) is 114 cm³/mol. The Labute approximate surface area is 180 Å². The summed E-state index contributed by atoms with van der Waals surface area (Å²) in [6.45, 7) is 1.06. The first-order valence-corrected chi connectivity index (χ1v) is 9.79. The van der Waals surface area contributed by atoms with Gasteiger partial charge in [0.05, 0.1) is 32.8 Å². The molecule has 0 radical (unpaired) electrons. The maximum Gasteiger partial charge on any atom is 0.246 e. The third-order valence-corrected chi connectivity index (χ3v) is 5.16. The van der Waals surface area contributed by atoms with E-state index in [4.69, 9.17) is 18.7 Å². The van der Waals surface area contributed by atoms with Gasteiger partial charge in [0, 0.05) is 19.2 Å². The summed E-state index contributed by atoms with van der Waals surface area (Å²) in [6, 6.07) is 13.0. The van der Waals surface area contributed by atoms with E-state index in [-0.39, 0.29) is 11.8 Å². The lowest BCUT2D eigenvalue weighted by Gasteiger charge is -2.36. The number of carbonyl (C=O) groups excluding carboxylic acids is 1. The molecule has 31 heavy (non-hydrogen) atoms. The van der Waals surface area contributed by atoms with Crippen LogP contribution in [-0.2, 0) is 4.79 Å². The summed E-state index contributed by atoms with van der Waals surface area (Å²) < 4.78 is 21.3. The number of carbonyl (C=O) groups is 1. The van der Waals surface area contributed by atoms with Crippen molar-refractivity contribution in [2.45, 2.75) is 5.92 Å². The van der Waals surface area contributed by atoms with Crippen molar-refractivity contribution in [3.63, 3.8) is 0 Å². The van der Waals surface area contributed by atoms with Crippen LogP contribution in [0.4, 0.5) is 0 Å². The molecule has 1 amide bonds. The summed E-state index contributed by atoms with van der Waals surface area (Å²) in [5.41, 5.74) is 1.62. The van der Waals surface area contributed by atoms with Gasteiger partial charge in [0.2, 0.25) is 17.6 Å². The minimum Gasteiger partial charge on any atom is -0.496 e. The average Bonchev–Trinajstić information content (AvgIpc) is 3.25. The van der Waals surface area contributed by atoms with Crippen molar-refractivity contribution >= 4 is 12.0 Å². The van der Waals surface area contributed by atoms with Crippen LogP contribution in [0, 0.1) is 0 Å². The van der Waals surface area contributed by atoms with E-state index in [9.17, 15) is 4.79 Å². The summed E-state index contributed by atoms with van der Waals surface area (Å²) >= 11 is 0. The Morgan fingerprint density at radius 3 is 2.52 bits per heavy atom. The lowest BCUT2D eigenvalue weighted by molar-refractivity contribution is -0.130. The van der Waals surface area contributed by atoms with Crippen LogP contribution in [0.5, 0.6) is 17.2 Å². The average molecular weight is 421 g/mol. The van der Waals surface area contributed by atoms with Crippen LogP contribution in [0.1, 0.15) is 17.4 Å². The second-order valence-corrected chi connectivity index (χ2v) is 7.04. The minimum absolute atomic E-state index is 0.0226. The summed E-state index contributed by atoms with van der Waals surface area (Å²) in [7, 11) is 4.76. The topological polar surface area (TPSA) is 86.9 Å². The molecule has 1 aliphatic heterocycles. The van der Waals surface area contributed by atoms with Gasteiger partial charge >= 0.3 is 0 Å². The Hall–Kier alpha value is -3.81. The highest BCUT2D eigenvalue weighted by atomic mass is 16.5. The third kappa shape index (κ3) is 4.23. The monoisotopic (exact) mass is 421 g/mol. The van der Waals surface area contributed by atoms with Gasteiger partial charge in [-0.15, -0.1) is 0 Å². The number of benzene rings is 2. The fraction of sp³-hybridized carbons (Fsp3) is 0.261. The van der Waals surface area contributed by atoms with Gasteiger partial charge in [0.25, 0.3) is 0 Å². The zero-order chi connectivity index (χ0) is 21.8. The maximum absolute atomic E-state index is 12.5. The van der Waals surface area contributed by atoms with Gasteiger partial charge in [0.1, 0.15) is 5.75 Å². The molecule has 0 N–H and O–H groups in total. The molecule has 1 aliphatic rings. The zero-order valence-corrected chi connectivity index (χ0v) is 17.6. The molecule has 2 heterocycles. The molecular formula is C23H23N3O5. The SMILES string of the molecule is COc1ccc(/C=C/C(=O)N2CC(c3nc(-c4ccccc4OC)no3)C2)cc1OC. The largest absolute Gasteiger partial charge is 0.496 e. The van der Waals surface area contributed by atoms with E-state index in [0.717, 1.165) is 11.1 Å². The lowest BCUT2D eigenvalue weighted by Crippen LogP contribution is -2.47. The number of hydrogen-bond acceptors (Lipinski definition) is 7. The highest BCUT2D eigenvalue weighted by Crippen LogP contribution is 2.31. The van der Waals surface area contributed by atoms with Crippen LogP contribution in [0.3, 0.4) is 0 Å². The Balaban J connectivity index is 1.37. The molecule has 0 atom stereocenters. The summed E-state index contributed by atoms with van der Waals surface area (Å²) in [5.74, 6) is 2.89. The van der Waals surface area contributed by atoms with Crippen LogP contribution in [0.25, 0.3) is 17.5 Å². The Kier molecular flexibility index (Phi) is 5.88. The molecule has 0 bridgehead atoms. The first kappa shape index (κ1) is 20.5. The van der Waals surface area contributed by atoms with Crippen molar-refractivity contribution in [3.8, 4) is 28.6 Å². The molecule has 8 heteroatoms. The molecule has 1 saturated heterocycles. The number of nitrogens with zero attached hydrogens (tertiary/aromatic N) is 3. The molecule has 0 saturated carbocycles. The van der Waals surface area contributed by atoms with Gasteiger partial charge in [-0.05, 0) is 35.9 Å². The summed E-state index contributed by atoms with van der Waals surface area (Å²) in [5, 5.41) is 4.07. The van der Waals surface area contributed by atoms with Crippen molar-refractivity contribution in [2.75, 3.05) is 34.4 Å². The fourth-order valence-electron chi connectivity index (χ4n) is 3.38. The van der Waals surface area contributed by atoms with Gasteiger partial charge < -0.3 is 23.6 Å². The Morgan fingerprint density at radius 1 is 1.03 bits per heavy atom. The molecule has 2 aromatic carbocycles. The Morgan fingerprint density at radius 2 is 1.77 bits per heavy atom. The zero-order valence-electron chi connectivity index (χ0n) is 17.6. The van der Waals surface area contributed by atoms with Crippen LogP contribution in [0.2, 0.25) is 0 Å². The number of hydrogen-bond donors (Lipinski definition) is 0. The van der Waals surface area contributed by atoms with Gasteiger partial charge in [-0.3, -0.25) is 4.79 Å². The van der Waals surface area contributed by atoms with E-state index in [1.807, 2.05) is 36.4 Å². The highest BCUT2D eigenvalue weighted by molar-refractivity contribution is 5.92. The van der Waals surface area contributed by atoms with Crippen molar-refractivity contribution in [1.29, 1.82) is 0 Å². The number of methoxy groups -OCH3 is 3. The third-order valence-electron chi connectivity index (χ3n) is 5.16. The van der Waals surface area contributed by atoms with Crippen LogP contribution in [0.15, 0.2) is 53.1 Å². The smallest absolute Gasteiger partial charge is 0.246 e. The molecule has 0 aliphatic carbocycles. The first-order valence-electron chi connectivity index (χ1n) is 9.79. The maximum atomic E-state index is 12.5. The van der Waals surface area contributed by atoms with E-state index in [2.05, 4.69) is 10.1 Å². The second-order valence-electron chi connectivity index (χ2n) is 7.04. The molecule has 0 spiro atoms. The van der Waals surface area contributed by atoms with E-state index in [1.165, 1.54) is 0 Å². The number of ether oxygens (including phenoxy) is 3. The standard InChI is InChI=1S/C23H23N3O5/c1-28-18-7-5-4-6-17(18)22-24-23(31-25-22)16-13-26(14-16)21(27)11-9-15-8-10-19(29-2)20(12-15)30-3/h4-12,16H,13-14H2,1-3H3/b11-9+. The molecule has 0 unspecified atom stereocenters. The molecule has 1 fully saturated rings. The van der Waals surface area contributed by atoms with Gasteiger partial charge in [-0.2, -0.15) is 4.98 Å². The van der Waals surface area contributed by atoms with Crippen LogP contribution >= 0.6 is 0 Å². The number of likely N-dealkylation sites (tertiary alicyclic amines) is 1. The quantitative estimate of drug-likeness (QED) is 0.540. The predicted octanol–water partition coefficient (Wildman–Crippen LogP) is 3.40. The number of rotatable bonds is 7. The number of amides is 1. The van der Waals surface area contributed by atoms with E-state index >= 15 is 0 Å². The van der Waals surface area contributed by atoms with Crippen molar-refractivity contribution in [3.05, 3.63) is 60.0 Å². The van der Waals surface area contributed by atoms with Crippen molar-refractivity contribution in [2.24, 2.45) is 0 Å². The van der Waals surface area contributed by atoms with E-state index in [1.54, 1.807) is 44.4 Å². The van der Waals surface area contributed by atoms with Crippen LogP contribution < -0.4 is 14.2 Å². The molecule has 4 rings (SSSR count). The molecule has 3 aromatic rings. The van der Waals surface area contributed by atoms with Gasteiger partial charge in [-0.1, -0.05) is 23.4 Å². The number of para-hydroxylation sites is 1. The molecule has 1 aromatic heterocycles. The van der Waals surface area contributed by atoms with Crippen LogP contribution in [-0.4, -0.2) is 55.4 Å². The summed E-state index contributed by atoms with van der Waals surface area (Å²) in [4.78, 5) is 18.7. The van der Waals surface area contributed by atoms with E-state index in [0.29, 0.717) is 42.1 Å². The molecule has 160 valence electrons. The van der Waals surface area contributed by atoms with Crippen molar-refractivity contribution < 1.29 is 23.5 Å². The summed E-state index contributed by atoms with van der Waals surface area (Å²) in [6.07, 6.45) is 3.30. The van der Waals surface area contributed by atoms with E-state index < -0.39 is 0 Å². The van der Waals surface area contributed by atoms with Gasteiger partial charge in [-0.25, -0.2) is 0 Å². The highest BCUT2D eigenvalue weighted by Gasteiger charge is 2.35. The normalized spacial score (nSPS) is 13.8. The first-order chi connectivity index (χ1) is 15.1. The molecular weight excluding hydrogens is 398 g/mol.